The number of pyridine rings is 1. The first-order valence-electron chi connectivity index (χ1n) is 4.63. The third-order valence-electron chi connectivity index (χ3n) is 2.28. The van der Waals surface area contributed by atoms with Crippen LogP contribution in [0.1, 0.15) is 0 Å². The highest BCUT2D eigenvalue weighted by atomic mass is 16.5. The van der Waals surface area contributed by atoms with Crippen molar-refractivity contribution in [3.05, 3.63) is 52.8 Å². The Labute approximate surface area is 85.6 Å². The van der Waals surface area contributed by atoms with Gasteiger partial charge in [0.1, 0.15) is 5.75 Å². The topological polar surface area (TPSA) is 39.2 Å². The highest BCUT2D eigenvalue weighted by molar-refractivity contribution is 6.00. The van der Waals surface area contributed by atoms with Crippen molar-refractivity contribution in [2.75, 3.05) is 0 Å². The third kappa shape index (κ3) is 1.29. The van der Waals surface area contributed by atoms with Gasteiger partial charge < -0.3 is 4.74 Å². The largest absolute Gasteiger partial charge is 0.438 e. The van der Waals surface area contributed by atoms with E-state index >= 15 is 0 Å². The minimum absolute atomic E-state index is 0.0402. The molecule has 3 heteroatoms. The molecule has 0 N–H and O–H groups in total. The molecule has 2 aromatic carbocycles. The molecule has 3 nitrogen and oxygen atoms in total. The molecule has 3 rings (SSSR count). The van der Waals surface area contributed by atoms with Crippen LogP contribution in [0.15, 0.2) is 47.4 Å². The summed E-state index contributed by atoms with van der Waals surface area (Å²) in [5.74, 6) is 1.10. The Hall–Kier alpha value is -2.16. The lowest BCUT2D eigenvalue weighted by Crippen LogP contribution is -1.85. The normalized spacial score (nSPS) is 10.9. The number of rotatable bonds is 2. The second-order valence-electron chi connectivity index (χ2n) is 3.28. The van der Waals surface area contributed by atoms with Crippen LogP contribution >= 0.6 is 0 Å². The Kier molecular flexibility index (Phi) is 1.59. The molecule has 0 aliphatic heterocycles. The van der Waals surface area contributed by atoms with Crippen molar-refractivity contribution < 1.29 is 4.74 Å². The minimum Gasteiger partial charge on any atom is -0.438 e. The van der Waals surface area contributed by atoms with E-state index in [4.69, 9.17) is 4.74 Å². The molecule has 15 heavy (non-hydrogen) atoms. The lowest BCUT2D eigenvalue weighted by molar-refractivity contribution is 0.470. The van der Waals surface area contributed by atoms with Gasteiger partial charge in [-0.15, -0.1) is 0 Å². The summed E-state index contributed by atoms with van der Waals surface area (Å²) in [4.78, 5) is 15.3. The summed E-state index contributed by atoms with van der Waals surface area (Å²) in [5, 5.41) is 1.33. The first-order chi connectivity index (χ1) is 7.36. The van der Waals surface area contributed by atoms with Crippen molar-refractivity contribution in [2.45, 2.75) is 0 Å². The molecule has 0 amide bonds. The fourth-order valence-electron chi connectivity index (χ4n) is 1.48. The number of para-hydroxylation sites is 1. The van der Waals surface area contributed by atoms with Crippen molar-refractivity contribution in [2.24, 2.45) is 0 Å². The average Bonchev–Trinajstić information content (AvgIpc) is 2.93. The van der Waals surface area contributed by atoms with Gasteiger partial charge in [-0.25, -0.2) is 4.98 Å². The maximum absolute atomic E-state index is 11.2. The molecule has 3 aromatic rings. The van der Waals surface area contributed by atoms with E-state index in [2.05, 4.69) is 4.98 Å². The maximum Gasteiger partial charge on any atom is 0.231 e. The van der Waals surface area contributed by atoms with E-state index in [1.54, 1.807) is 12.3 Å². The summed E-state index contributed by atoms with van der Waals surface area (Å²) in [6.07, 6.45) is 1.59. The third-order valence-corrected chi connectivity index (χ3v) is 2.28. The predicted octanol–water partition coefficient (Wildman–Crippen LogP) is 2.26. The summed E-state index contributed by atoms with van der Waals surface area (Å²) < 4.78 is 5.50. The van der Waals surface area contributed by atoms with Gasteiger partial charge in [0.05, 0.1) is 5.39 Å². The second-order valence-corrected chi connectivity index (χ2v) is 3.28. The van der Waals surface area contributed by atoms with Gasteiger partial charge in [0.15, 0.2) is 5.43 Å². The molecular formula is C12H7NO2. The average molecular weight is 197 g/mol. The van der Waals surface area contributed by atoms with Crippen LogP contribution in [0.4, 0.5) is 0 Å². The summed E-state index contributed by atoms with van der Waals surface area (Å²) in [5.41, 5.74) is 0.0402. The molecule has 72 valence electrons. The highest BCUT2D eigenvalue weighted by Gasteiger charge is 2.18. The van der Waals surface area contributed by atoms with Crippen molar-refractivity contribution in [3.63, 3.8) is 0 Å². The number of nitrogens with zero attached hydrogens (tertiary/aromatic N) is 1. The zero-order chi connectivity index (χ0) is 10.3. The zero-order valence-electron chi connectivity index (χ0n) is 7.81. The molecule has 0 saturated heterocycles. The fourth-order valence-corrected chi connectivity index (χ4v) is 1.48. The van der Waals surface area contributed by atoms with Crippen molar-refractivity contribution >= 4 is 10.8 Å². The molecule has 0 bridgehead atoms. The van der Waals surface area contributed by atoms with Crippen molar-refractivity contribution in [1.29, 1.82) is 0 Å². The van der Waals surface area contributed by atoms with Crippen LogP contribution in [0.25, 0.3) is 10.8 Å². The van der Waals surface area contributed by atoms with E-state index < -0.39 is 0 Å². The van der Waals surface area contributed by atoms with E-state index in [0.29, 0.717) is 17.0 Å². The smallest absolute Gasteiger partial charge is 0.231 e. The fraction of sp³-hybridized carbons (Fsp3) is 0. The molecule has 0 aliphatic rings. The van der Waals surface area contributed by atoms with Crippen LogP contribution in [0.2, 0.25) is 0 Å². The zero-order valence-corrected chi connectivity index (χ0v) is 7.81. The lowest BCUT2D eigenvalue weighted by Gasteiger charge is -2.01. The summed E-state index contributed by atoms with van der Waals surface area (Å²) in [6.45, 7) is 0. The molecule has 0 saturated carbocycles. The molecule has 0 fully saturated rings. The van der Waals surface area contributed by atoms with E-state index in [9.17, 15) is 4.79 Å². The van der Waals surface area contributed by atoms with E-state index in [0.717, 1.165) is 5.39 Å². The first kappa shape index (κ1) is 8.17. The monoisotopic (exact) mass is 197 g/mol. The van der Waals surface area contributed by atoms with Gasteiger partial charge in [0.2, 0.25) is 5.88 Å². The van der Waals surface area contributed by atoms with Gasteiger partial charge in [-0.1, -0.05) is 18.2 Å². The summed E-state index contributed by atoms with van der Waals surface area (Å²) in [6, 6.07) is 11.0. The van der Waals surface area contributed by atoms with Crippen LogP contribution < -0.4 is 10.2 Å². The van der Waals surface area contributed by atoms with Crippen LogP contribution in [0.5, 0.6) is 11.6 Å². The van der Waals surface area contributed by atoms with Crippen LogP contribution in [-0.4, -0.2) is 4.98 Å². The summed E-state index contributed by atoms with van der Waals surface area (Å²) in [7, 11) is 0. The van der Waals surface area contributed by atoms with Crippen LogP contribution in [0, 0.1) is 0 Å². The maximum atomic E-state index is 11.2. The second kappa shape index (κ2) is 2.92. The van der Waals surface area contributed by atoms with E-state index in [1.807, 2.05) is 30.3 Å². The molecule has 1 aromatic heterocycles. The molecule has 0 aliphatic carbocycles. The van der Waals surface area contributed by atoms with E-state index in [1.165, 1.54) is 0 Å². The number of hydrogen-bond acceptors (Lipinski definition) is 3. The van der Waals surface area contributed by atoms with E-state index in [-0.39, 0.29) is 5.43 Å². The quantitative estimate of drug-likeness (QED) is 0.632. The standard InChI is InChI=1S/C12H7NO2/c14-11-9-6-7-13-12(10(9)11)15-8-4-2-1-3-5-8/h1-7H. The number of fused-ring (bicyclic) bond motifs is 1. The van der Waals surface area contributed by atoms with Crippen LogP contribution in [-0.2, 0) is 0 Å². The molecule has 0 radical (unpaired) electrons. The Morgan fingerprint density at radius 1 is 1.07 bits per heavy atom. The highest BCUT2D eigenvalue weighted by Crippen LogP contribution is 2.28. The number of aromatic nitrogens is 1. The molecule has 1 heterocycles. The van der Waals surface area contributed by atoms with Gasteiger partial charge in [-0.2, -0.15) is 0 Å². The van der Waals surface area contributed by atoms with Crippen LogP contribution in [0.3, 0.4) is 0 Å². The van der Waals surface area contributed by atoms with Gasteiger partial charge >= 0.3 is 0 Å². The number of benzene rings is 1. The number of hydrogen-bond donors (Lipinski definition) is 0. The molecule has 0 unspecified atom stereocenters. The van der Waals surface area contributed by atoms with Gasteiger partial charge in [-0.3, -0.25) is 4.79 Å². The Balaban J connectivity index is 2.00. The predicted molar refractivity (Wildman–Crippen MR) is 56.9 cm³/mol. The number of ether oxygens (including phenoxy) is 1. The Morgan fingerprint density at radius 3 is 2.67 bits per heavy atom. The molecule has 0 atom stereocenters. The Morgan fingerprint density at radius 2 is 1.87 bits per heavy atom. The molecular weight excluding hydrogens is 190 g/mol. The van der Waals surface area contributed by atoms with Gasteiger partial charge in [0.25, 0.3) is 0 Å². The van der Waals surface area contributed by atoms with Crippen molar-refractivity contribution in [1.82, 2.24) is 4.98 Å². The Bertz CT molecular complexity index is 621. The summed E-state index contributed by atoms with van der Waals surface area (Å²) >= 11 is 0. The lowest BCUT2D eigenvalue weighted by atomic mass is 10.3. The SMILES string of the molecule is O=c1c2ccnc(Oc3ccccc3)c12. The molecule has 0 spiro atoms. The van der Waals surface area contributed by atoms with Gasteiger partial charge in [-0.05, 0) is 18.2 Å². The first-order valence-corrected chi connectivity index (χ1v) is 4.63. The van der Waals surface area contributed by atoms with Gasteiger partial charge in [0, 0.05) is 11.6 Å². The minimum atomic E-state index is 0.0402. The van der Waals surface area contributed by atoms with Crippen molar-refractivity contribution in [3.8, 4) is 11.6 Å².